The smallest absolute Gasteiger partial charge is 0.0781 e. The normalized spacial score (nSPS) is 31.2. The van der Waals surface area contributed by atoms with Gasteiger partial charge in [0.05, 0.1) is 18.1 Å². The predicted molar refractivity (Wildman–Crippen MR) is 47.5 cm³/mol. The van der Waals surface area contributed by atoms with Gasteiger partial charge in [-0.25, -0.2) is 0 Å². The number of ether oxygens (including phenoxy) is 1. The van der Waals surface area contributed by atoms with E-state index < -0.39 is 0 Å². The first-order valence-electron chi connectivity index (χ1n) is 4.57. The van der Waals surface area contributed by atoms with Crippen LogP contribution in [0.3, 0.4) is 0 Å². The van der Waals surface area contributed by atoms with E-state index in [1.807, 2.05) is 0 Å². The van der Waals surface area contributed by atoms with Crippen molar-refractivity contribution >= 4 is 0 Å². The zero-order chi connectivity index (χ0) is 9.19. The topological polar surface area (TPSA) is 33.0 Å². The average Bonchev–Trinajstić information content (AvgIpc) is 2.03. The molecule has 0 N–H and O–H groups in total. The Bertz CT molecular complexity index is 187. The lowest BCUT2D eigenvalue weighted by Crippen LogP contribution is -2.39. The first-order valence-corrected chi connectivity index (χ1v) is 4.57. The van der Waals surface area contributed by atoms with Crippen LogP contribution in [0.1, 0.15) is 33.6 Å². The van der Waals surface area contributed by atoms with E-state index in [-0.39, 0.29) is 17.4 Å². The zero-order valence-electron chi connectivity index (χ0n) is 8.13. The van der Waals surface area contributed by atoms with Crippen LogP contribution in [-0.4, -0.2) is 12.7 Å². The van der Waals surface area contributed by atoms with E-state index in [1.54, 1.807) is 0 Å². The molecule has 1 aliphatic heterocycles. The molecule has 2 unspecified atom stereocenters. The lowest BCUT2D eigenvalue weighted by molar-refractivity contribution is -0.0697. The number of hydrogen-bond acceptors (Lipinski definition) is 2. The summed E-state index contributed by atoms with van der Waals surface area (Å²) in [6.07, 6.45) is 2.15. The summed E-state index contributed by atoms with van der Waals surface area (Å²) < 4.78 is 5.62. The molecule has 2 heteroatoms. The Morgan fingerprint density at radius 1 is 1.42 bits per heavy atom. The van der Waals surface area contributed by atoms with Gasteiger partial charge < -0.3 is 4.74 Å². The first-order chi connectivity index (χ1) is 5.55. The van der Waals surface area contributed by atoms with Gasteiger partial charge in [0.15, 0.2) is 0 Å². The van der Waals surface area contributed by atoms with Crippen molar-refractivity contribution in [2.24, 2.45) is 11.3 Å². The Hall–Kier alpha value is -0.550. The highest BCUT2D eigenvalue weighted by Gasteiger charge is 2.35. The molecule has 1 aliphatic rings. The maximum Gasteiger partial charge on any atom is 0.0781 e. The highest BCUT2D eigenvalue weighted by molar-refractivity contribution is 4.95. The minimum absolute atomic E-state index is 0.0961. The first kappa shape index (κ1) is 9.54. The van der Waals surface area contributed by atoms with E-state index >= 15 is 0 Å². The molecule has 0 aromatic carbocycles. The minimum atomic E-state index is 0.0961. The molecule has 0 saturated carbocycles. The largest absolute Gasteiger partial charge is 0.376 e. The molecule has 1 saturated heterocycles. The van der Waals surface area contributed by atoms with Gasteiger partial charge in [0.2, 0.25) is 0 Å². The Morgan fingerprint density at radius 3 is 2.50 bits per heavy atom. The number of nitriles is 1. The molecule has 68 valence electrons. The van der Waals surface area contributed by atoms with Crippen LogP contribution in [0.4, 0.5) is 0 Å². The van der Waals surface area contributed by atoms with Gasteiger partial charge in [-0.2, -0.15) is 5.26 Å². The fraction of sp³-hybridized carbons (Fsp3) is 0.900. The van der Waals surface area contributed by atoms with E-state index in [4.69, 9.17) is 10.00 Å². The lowest BCUT2D eigenvalue weighted by Gasteiger charge is -2.36. The molecule has 0 radical (unpaired) electrons. The van der Waals surface area contributed by atoms with Gasteiger partial charge in [-0.15, -0.1) is 0 Å². The highest BCUT2D eigenvalue weighted by Crippen LogP contribution is 2.33. The van der Waals surface area contributed by atoms with Gasteiger partial charge >= 0.3 is 0 Å². The van der Waals surface area contributed by atoms with Gasteiger partial charge in [0.1, 0.15) is 0 Å². The van der Waals surface area contributed by atoms with Crippen molar-refractivity contribution in [3.05, 3.63) is 0 Å². The van der Waals surface area contributed by atoms with Crippen molar-refractivity contribution in [2.75, 3.05) is 6.61 Å². The van der Waals surface area contributed by atoms with Gasteiger partial charge in [0.25, 0.3) is 0 Å². The standard InChI is InChI=1S/C10H17NO/c1-10(2,3)9-8(7-11)5-4-6-12-9/h8-9H,4-6H2,1-3H3. The molecule has 1 rings (SSSR count). The SMILES string of the molecule is CC(C)(C)C1OCCCC1C#N. The summed E-state index contributed by atoms with van der Waals surface area (Å²) in [7, 11) is 0. The molecule has 0 bridgehead atoms. The predicted octanol–water partition coefficient (Wildman–Crippen LogP) is 2.35. The summed E-state index contributed by atoms with van der Waals surface area (Å²) in [5.74, 6) is 0.0961. The third-order valence-corrected chi connectivity index (χ3v) is 2.34. The molecular weight excluding hydrogens is 150 g/mol. The number of nitrogens with zero attached hydrogens (tertiary/aromatic N) is 1. The highest BCUT2D eigenvalue weighted by atomic mass is 16.5. The molecule has 0 spiro atoms. The van der Waals surface area contributed by atoms with Gasteiger partial charge in [-0.3, -0.25) is 0 Å². The third kappa shape index (κ3) is 1.98. The second kappa shape index (κ2) is 3.45. The van der Waals surface area contributed by atoms with Gasteiger partial charge in [0, 0.05) is 6.61 Å². The number of hydrogen-bond donors (Lipinski definition) is 0. The van der Waals surface area contributed by atoms with Crippen molar-refractivity contribution in [3.63, 3.8) is 0 Å². The van der Waals surface area contributed by atoms with Crippen molar-refractivity contribution in [2.45, 2.75) is 39.7 Å². The molecule has 1 fully saturated rings. The van der Waals surface area contributed by atoms with Crippen LogP contribution in [0, 0.1) is 22.7 Å². The Labute approximate surface area is 74.5 Å². The lowest BCUT2D eigenvalue weighted by atomic mass is 9.79. The second-order valence-corrected chi connectivity index (χ2v) is 4.54. The van der Waals surface area contributed by atoms with Crippen LogP contribution in [0.5, 0.6) is 0 Å². The Kier molecular flexibility index (Phi) is 2.74. The Balaban J connectivity index is 2.67. The maximum atomic E-state index is 8.89. The quantitative estimate of drug-likeness (QED) is 0.555. The minimum Gasteiger partial charge on any atom is -0.376 e. The summed E-state index contributed by atoms with van der Waals surface area (Å²) in [5.41, 5.74) is 0.0980. The third-order valence-electron chi connectivity index (χ3n) is 2.34. The summed E-state index contributed by atoms with van der Waals surface area (Å²) in [5, 5.41) is 8.89. The molecular formula is C10H17NO. The maximum absolute atomic E-state index is 8.89. The molecule has 0 aromatic heterocycles. The van der Waals surface area contributed by atoms with Crippen molar-refractivity contribution in [3.8, 4) is 6.07 Å². The van der Waals surface area contributed by atoms with E-state index in [9.17, 15) is 0 Å². The van der Waals surface area contributed by atoms with Crippen LogP contribution >= 0.6 is 0 Å². The monoisotopic (exact) mass is 167 g/mol. The summed E-state index contributed by atoms with van der Waals surface area (Å²) in [6.45, 7) is 7.22. The van der Waals surface area contributed by atoms with Crippen LogP contribution in [0.2, 0.25) is 0 Å². The summed E-state index contributed by atoms with van der Waals surface area (Å²) in [4.78, 5) is 0. The van der Waals surface area contributed by atoms with E-state index in [0.29, 0.717) is 0 Å². The summed E-state index contributed by atoms with van der Waals surface area (Å²) >= 11 is 0. The zero-order valence-corrected chi connectivity index (χ0v) is 8.13. The second-order valence-electron chi connectivity index (χ2n) is 4.54. The van der Waals surface area contributed by atoms with Gasteiger partial charge in [-0.05, 0) is 18.3 Å². The number of rotatable bonds is 0. The molecule has 0 aromatic rings. The average molecular weight is 167 g/mol. The van der Waals surface area contributed by atoms with Crippen LogP contribution in [-0.2, 0) is 4.74 Å². The van der Waals surface area contributed by atoms with Gasteiger partial charge in [-0.1, -0.05) is 20.8 Å². The van der Waals surface area contributed by atoms with Crippen molar-refractivity contribution in [1.82, 2.24) is 0 Å². The fourth-order valence-corrected chi connectivity index (χ4v) is 1.77. The molecule has 0 amide bonds. The van der Waals surface area contributed by atoms with E-state index in [1.165, 1.54) is 0 Å². The molecule has 12 heavy (non-hydrogen) atoms. The van der Waals surface area contributed by atoms with Crippen molar-refractivity contribution in [1.29, 1.82) is 5.26 Å². The van der Waals surface area contributed by atoms with Crippen LogP contribution in [0.15, 0.2) is 0 Å². The molecule has 2 nitrogen and oxygen atoms in total. The summed E-state index contributed by atoms with van der Waals surface area (Å²) in [6, 6.07) is 2.34. The van der Waals surface area contributed by atoms with Crippen LogP contribution < -0.4 is 0 Å². The fourth-order valence-electron chi connectivity index (χ4n) is 1.77. The Morgan fingerprint density at radius 2 is 2.08 bits per heavy atom. The molecule has 0 aliphatic carbocycles. The van der Waals surface area contributed by atoms with Crippen molar-refractivity contribution < 1.29 is 4.74 Å². The molecule has 1 heterocycles. The van der Waals surface area contributed by atoms with E-state index in [0.717, 1.165) is 19.4 Å². The van der Waals surface area contributed by atoms with Crippen LogP contribution in [0.25, 0.3) is 0 Å². The molecule has 2 atom stereocenters. The van der Waals surface area contributed by atoms with E-state index in [2.05, 4.69) is 26.8 Å².